The lowest BCUT2D eigenvalue weighted by Crippen LogP contribution is -2.46. The summed E-state index contributed by atoms with van der Waals surface area (Å²) in [4.78, 5) is 23.2. The lowest BCUT2D eigenvalue weighted by atomic mass is 9.73. The number of halogens is 2. The molecule has 1 saturated heterocycles. The van der Waals surface area contributed by atoms with Crippen LogP contribution in [0.15, 0.2) is 47.2 Å². The number of hydrogen-bond acceptors (Lipinski definition) is 5. The molecule has 2 aliphatic rings. The SMILES string of the molecule is O=C(c1ccc(F)cc1F)N1CCC(CC2CC2)(c2noc(-c3ccncc3)n2)CC1. The lowest BCUT2D eigenvalue weighted by Gasteiger charge is -2.40. The van der Waals surface area contributed by atoms with Crippen molar-refractivity contribution in [2.75, 3.05) is 13.1 Å². The summed E-state index contributed by atoms with van der Waals surface area (Å²) in [7, 11) is 0. The molecule has 160 valence electrons. The minimum atomic E-state index is -0.833. The van der Waals surface area contributed by atoms with Crippen molar-refractivity contribution < 1.29 is 18.1 Å². The van der Waals surface area contributed by atoms with Crippen molar-refractivity contribution in [1.29, 1.82) is 0 Å². The van der Waals surface area contributed by atoms with Crippen LogP contribution in [0.5, 0.6) is 0 Å². The maximum Gasteiger partial charge on any atom is 0.258 e. The van der Waals surface area contributed by atoms with Crippen LogP contribution in [0.1, 0.15) is 48.3 Å². The number of piperidine rings is 1. The van der Waals surface area contributed by atoms with E-state index in [-0.39, 0.29) is 11.0 Å². The lowest BCUT2D eigenvalue weighted by molar-refractivity contribution is 0.0641. The van der Waals surface area contributed by atoms with Crippen molar-refractivity contribution in [1.82, 2.24) is 20.0 Å². The highest BCUT2D eigenvalue weighted by Gasteiger charge is 2.45. The van der Waals surface area contributed by atoms with E-state index in [1.54, 1.807) is 17.3 Å². The summed E-state index contributed by atoms with van der Waals surface area (Å²) < 4.78 is 32.8. The quantitative estimate of drug-likeness (QED) is 0.608. The zero-order valence-corrected chi connectivity index (χ0v) is 16.9. The number of amides is 1. The maximum atomic E-state index is 14.1. The van der Waals surface area contributed by atoms with E-state index in [0.717, 1.165) is 24.1 Å². The molecule has 5 rings (SSSR count). The zero-order valence-electron chi connectivity index (χ0n) is 16.9. The largest absolute Gasteiger partial charge is 0.338 e. The van der Waals surface area contributed by atoms with Crippen LogP contribution in [-0.4, -0.2) is 39.0 Å². The molecule has 1 aromatic carbocycles. The van der Waals surface area contributed by atoms with E-state index >= 15 is 0 Å². The molecular formula is C23H22F2N4O2. The normalized spacial score (nSPS) is 18.2. The number of hydrogen-bond donors (Lipinski definition) is 0. The Balaban J connectivity index is 1.36. The van der Waals surface area contributed by atoms with Crippen molar-refractivity contribution in [3.63, 3.8) is 0 Å². The van der Waals surface area contributed by atoms with Gasteiger partial charge in [-0.05, 0) is 49.4 Å². The molecule has 0 radical (unpaired) electrons. The standard InChI is InChI=1S/C23H22F2N4O2/c24-17-3-4-18(19(25)13-17)21(30)29-11-7-23(8-12-29,14-15-1-2-15)22-27-20(31-28-22)16-5-9-26-10-6-16/h3-6,9-10,13,15H,1-2,7-8,11-12,14H2. The molecule has 8 heteroatoms. The van der Waals surface area contributed by atoms with E-state index in [2.05, 4.69) is 10.1 Å². The predicted molar refractivity (Wildman–Crippen MR) is 108 cm³/mol. The van der Waals surface area contributed by atoms with Crippen LogP contribution in [0.25, 0.3) is 11.5 Å². The molecule has 0 spiro atoms. The second-order valence-electron chi connectivity index (χ2n) is 8.50. The number of pyridine rings is 1. The van der Waals surface area contributed by atoms with Crippen LogP contribution in [0, 0.1) is 17.6 Å². The fourth-order valence-corrected chi connectivity index (χ4v) is 4.42. The molecule has 31 heavy (non-hydrogen) atoms. The van der Waals surface area contributed by atoms with Gasteiger partial charge in [0.1, 0.15) is 11.6 Å². The molecule has 0 bridgehead atoms. The molecule has 0 N–H and O–H groups in total. The average Bonchev–Trinajstić information content (AvgIpc) is 3.44. The number of carbonyl (C=O) groups excluding carboxylic acids is 1. The van der Waals surface area contributed by atoms with Crippen LogP contribution in [-0.2, 0) is 5.41 Å². The third kappa shape index (κ3) is 3.94. The second kappa shape index (κ2) is 7.83. The Bertz CT molecular complexity index is 1090. The molecule has 1 amide bonds. The molecule has 6 nitrogen and oxygen atoms in total. The number of aromatic nitrogens is 3. The molecule has 3 aromatic rings. The second-order valence-corrected chi connectivity index (χ2v) is 8.50. The number of rotatable bonds is 5. The van der Waals surface area contributed by atoms with E-state index in [0.29, 0.717) is 43.6 Å². The van der Waals surface area contributed by atoms with Crippen LogP contribution < -0.4 is 0 Å². The predicted octanol–water partition coefficient (Wildman–Crippen LogP) is 4.38. The molecule has 0 atom stereocenters. The fraction of sp³-hybridized carbons (Fsp3) is 0.391. The van der Waals surface area contributed by atoms with Gasteiger partial charge in [0.2, 0.25) is 0 Å². The van der Waals surface area contributed by atoms with Gasteiger partial charge in [-0.2, -0.15) is 4.98 Å². The number of nitrogens with zero attached hydrogens (tertiary/aromatic N) is 4. The van der Waals surface area contributed by atoms with Crippen molar-refractivity contribution in [3.8, 4) is 11.5 Å². The first kappa shape index (κ1) is 19.8. The van der Waals surface area contributed by atoms with Gasteiger partial charge in [0, 0.05) is 42.5 Å². The average molecular weight is 424 g/mol. The highest BCUT2D eigenvalue weighted by molar-refractivity contribution is 5.94. The molecular weight excluding hydrogens is 402 g/mol. The summed E-state index contributed by atoms with van der Waals surface area (Å²) in [5.41, 5.74) is 0.444. The number of likely N-dealkylation sites (tertiary alicyclic amines) is 1. The van der Waals surface area contributed by atoms with Gasteiger partial charge in [-0.3, -0.25) is 9.78 Å². The highest BCUT2D eigenvalue weighted by atomic mass is 19.1. The summed E-state index contributed by atoms with van der Waals surface area (Å²) in [5, 5.41) is 4.31. The molecule has 1 aliphatic heterocycles. The van der Waals surface area contributed by atoms with Crippen molar-refractivity contribution in [3.05, 3.63) is 65.7 Å². The number of benzene rings is 1. The van der Waals surface area contributed by atoms with Gasteiger partial charge < -0.3 is 9.42 Å². The number of carbonyl (C=O) groups is 1. The summed E-state index contributed by atoms with van der Waals surface area (Å²) >= 11 is 0. The fourth-order valence-electron chi connectivity index (χ4n) is 4.42. The van der Waals surface area contributed by atoms with E-state index in [1.165, 1.54) is 18.9 Å². The minimum absolute atomic E-state index is 0.101. The van der Waals surface area contributed by atoms with Gasteiger partial charge in [0.25, 0.3) is 11.8 Å². The third-order valence-electron chi connectivity index (χ3n) is 6.37. The molecule has 1 saturated carbocycles. The van der Waals surface area contributed by atoms with Gasteiger partial charge in [-0.25, -0.2) is 8.78 Å². The zero-order chi connectivity index (χ0) is 21.4. The Hall–Kier alpha value is -3.16. The van der Waals surface area contributed by atoms with Gasteiger partial charge in [0.15, 0.2) is 5.82 Å². The molecule has 0 unspecified atom stereocenters. The summed E-state index contributed by atoms with van der Waals surface area (Å²) in [6.07, 6.45) is 8.05. The van der Waals surface area contributed by atoms with Crippen LogP contribution in [0.2, 0.25) is 0 Å². The Morgan fingerprint density at radius 2 is 1.87 bits per heavy atom. The monoisotopic (exact) mass is 424 g/mol. The smallest absolute Gasteiger partial charge is 0.258 e. The summed E-state index contributed by atoms with van der Waals surface area (Å²) in [5.74, 6) is -0.174. The summed E-state index contributed by atoms with van der Waals surface area (Å²) in [6.45, 7) is 0.920. The van der Waals surface area contributed by atoms with Crippen molar-refractivity contribution in [2.45, 2.75) is 37.5 Å². The first-order valence-electron chi connectivity index (χ1n) is 10.5. The van der Waals surface area contributed by atoms with E-state index in [1.807, 2.05) is 12.1 Å². The topological polar surface area (TPSA) is 72.1 Å². The third-order valence-corrected chi connectivity index (χ3v) is 6.37. The summed E-state index contributed by atoms with van der Waals surface area (Å²) in [6, 6.07) is 6.71. The van der Waals surface area contributed by atoms with E-state index < -0.39 is 17.5 Å². The minimum Gasteiger partial charge on any atom is -0.338 e. The molecule has 3 heterocycles. The molecule has 2 aromatic heterocycles. The highest BCUT2D eigenvalue weighted by Crippen LogP contribution is 2.47. The first-order chi connectivity index (χ1) is 15.0. The van der Waals surface area contributed by atoms with E-state index in [4.69, 9.17) is 9.51 Å². The Kier molecular flexibility index (Phi) is 5.00. The molecule has 2 fully saturated rings. The van der Waals surface area contributed by atoms with Crippen LogP contribution in [0.3, 0.4) is 0 Å². The van der Waals surface area contributed by atoms with Crippen LogP contribution >= 0.6 is 0 Å². The van der Waals surface area contributed by atoms with Gasteiger partial charge in [-0.15, -0.1) is 0 Å². The van der Waals surface area contributed by atoms with Crippen molar-refractivity contribution in [2.24, 2.45) is 5.92 Å². The maximum absolute atomic E-state index is 14.1. The first-order valence-corrected chi connectivity index (χ1v) is 10.5. The van der Waals surface area contributed by atoms with Crippen molar-refractivity contribution >= 4 is 5.91 Å². The van der Waals surface area contributed by atoms with Crippen LogP contribution in [0.4, 0.5) is 8.78 Å². The van der Waals surface area contributed by atoms with Gasteiger partial charge in [0.05, 0.1) is 5.56 Å². The Morgan fingerprint density at radius 3 is 2.55 bits per heavy atom. The molecule has 1 aliphatic carbocycles. The Morgan fingerprint density at radius 1 is 1.13 bits per heavy atom. The Labute approximate surface area is 178 Å². The van der Waals surface area contributed by atoms with Gasteiger partial charge >= 0.3 is 0 Å². The van der Waals surface area contributed by atoms with Gasteiger partial charge in [-0.1, -0.05) is 18.0 Å². The van der Waals surface area contributed by atoms with E-state index in [9.17, 15) is 13.6 Å².